The summed E-state index contributed by atoms with van der Waals surface area (Å²) in [6.45, 7) is 2.08. The molecule has 0 unspecified atom stereocenters. The summed E-state index contributed by atoms with van der Waals surface area (Å²) in [5.74, 6) is 0. The predicted molar refractivity (Wildman–Crippen MR) is 41.0 cm³/mol. The summed E-state index contributed by atoms with van der Waals surface area (Å²) in [4.78, 5) is 0. The first-order chi connectivity index (χ1) is 4.88. The van der Waals surface area contributed by atoms with Crippen LogP contribution < -0.4 is 0 Å². The van der Waals surface area contributed by atoms with Crippen LogP contribution >= 0.6 is 0 Å². The second kappa shape index (κ2) is 1.87. The molecule has 2 aromatic rings. The van der Waals surface area contributed by atoms with Gasteiger partial charge in [0.15, 0.2) is 0 Å². The second-order valence-corrected chi connectivity index (χ2v) is 2.45. The van der Waals surface area contributed by atoms with Crippen molar-refractivity contribution in [2.75, 3.05) is 0 Å². The Bertz CT molecular complexity index is 346. The molecule has 2 rings (SSSR count). The number of rotatable bonds is 0. The summed E-state index contributed by atoms with van der Waals surface area (Å²) in [7, 11) is 0. The second-order valence-electron chi connectivity index (χ2n) is 2.45. The number of hydrogen-bond donors (Lipinski definition) is 0. The Kier molecular flexibility index (Phi) is 1.04. The van der Waals surface area contributed by atoms with Crippen molar-refractivity contribution in [3.63, 3.8) is 0 Å². The fourth-order valence-corrected chi connectivity index (χ4v) is 1.14. The van der Waals surface area contributed by atoms with Gasteiger partial charge in [-0.1, -0.05) is 18.2 Å². The summed E-state index contributed by atoms with van der Waals surface area (Å²) >= 11 is 0. The first-order valence-electron chi connectivity index (χ1n) is 3.29. The molecule has 0 spiro atoms. The minimum Gasteiger partial charge on any atom is -0.471 e. The largest absolute Gasteiger partial charge is 0.471 e. The number of aryl methyl sites for hydroxylation is 1. The van der Waals surface area contributed by atoms with Crippen LogP contribution in [0, 0.1) is 6.92 Å². The minimum absolute atomic E-state index is 1.18. The molecule has 0 atom stereocenters. The lowest BCUT2D eigenvalue weighted by molar-refractivity contribution is 0.572. The van der Waals surface area contributed by atoms with E-state index in [4.69, 9.17) is 4.42 Å². The molecule has 0 saturated carbocycles. The third-order valence-corrected chi connectivity index (χ3v) is 1.74. The standard InChI is InChI=1S/C9H8O/c1-7-3-2-4-8-5-10-6-9(7)8/h2-6H,1H3. The SMILES string of the molecule is Cc1cccc2cocc12. The van der Waals surface area contributed by atoms with Crippen LogP contribution in [0.1, 0.15) is 5.56 Å². The van der Waals surface area contributed by atoms with Crippen molar-refractivity contribution in [1.29, 1.82) is 0 Å². The molecule has 0 bridgehead atoms. The Labute approximate surface area is 59.3 Å². The molecule has 0 aliphatic carbocycles. The summed E-state index contributed by atoms with van der Waals surface area (Å²) in [6, 6.07) is 6.16. The summed E-state index contributed by atoms with van der Waals surface area (Å²) < 4.78 is 5.05. The zero-order valence-electron chi connectivity index (χ0n) is 5.79. The molecule has 50 valence electrons. The lowest BCUT2D eigenvalue weighted by Gasteiger charge is -1.90. The van der Waals surface area contributed by atoms with Gasteiger partial charge in [0.05, 0.1) is 12.5 Å². The van der Waals surface area contributed by atoms with E-state index in [-0.39, 0.29) is 0 Å². The van der Waals surface area contributed by atoms with E-state index in [9.17, 15) is 0 Å². The Morgan fingerprint density at radius 2 is 2.10 bits per heavy atom. The molecule has 1 heterocycles. The fourth-order valence-electron chi connectivity index (χ4n) is 1.14. The number of furan rings is 1. The maximum Gasteiger partial charge on any atom is 0.0983 e. The van der Waals surface area contributed by atoms with Crippen molar-refractivity contribution in [2.45, 2.75) is 6.92 Å². The smallest absolute Gasteiger partial charge is 0.0983 e. The Morgan fingerprint density at radius 1 is 1.20 bits per heavy atom. The van der Waals surface area contributed by atoms with Gasteiger partial charge in [-0.15, -0.1) is 0 Å². The molecule has 0 fully saturated rings. The first kappa shape index (κ1) is 5.54. The van der Waals surface area contributed by atoms with E-state index in [0.717, 1.165) is 0 Å². The average Bonchev–Trinajstić information content (AvgIpc) is 2.36. The highest BCUT2D eigenvalue weighted by Crippen LogP contribution is 2.18. The molecular weight excluding hydrogens is 124 g/mol. The molecule has 1 aromatic carbocycles. The van der Waals surface area contributed by atoms with Gasteiger partial charge >= 0.3 is 0 Å². The number of fused-ring (bicyclic) bond motifs is 1. The van der Waals surface area contributed by atoms with Crippen molar-refractivity contribution in [1.82, 2.24) is 0 Å². The highest BCUT2D eigenvalue weighted by atomic mass is 16.3. The Morgan fingerprint density at radius 3 is 2.90 bits per heavy atom. The quantitative estimate of drug-likeness (QED) is 0.537. The van der Waals surface area contributed by atoms with Gasteiger partial charge in [0, 0.05) is 10.8 Å². The van der Waals surface area contributed by atoms with Crippen LogP contribution in [0.5, 0.6) is 0 Å². The van der Waals surface area contributed by atoms with Gasteiger partial charge in [0.25, 0.3) is 0 Å². The summed E-state index contributed by atoms with van der Waals surface area (Å²) in [5.41, 5.74) is 1.27. The summed E-state index contributed by atoms with van der Waals surface area (Å²) in [6.07, 6.45) is 3.55. The van der Waals surface area contributed by atoms with Crippen LogP contribution in [0.2, 0.25) is 0 Å². The maximum absolute atomic E-state index is 5.05. The molecular formula is C9H8O. The van der Waals surface area contributed by atoms with Crippen LogP contribution in [0.4, 0.5) is 0 Å². The molecule has 0 aliphatic heterocycles. The Hall–Kier alpha value is -1.24. The van der Waals surface area contributed by atoms with Crippen molar-refractivity contribution < 1.29 is 4.42 Å². The summed E-state index contributed by atoms with van der Waals surface area (Å²) in [5, 5.41) is 2.39. The molecule has 0 saturated heterocycles. The van der Waals surface area contributed by atoms with E-state index in [1.807, 2.05) is 12.1 Å². The highest BCUT2D eigenvalue weighted by molar-refractivity contribution is 5.83. The predicted octanol–water partition coefficient (Wildman–Crippen LogP) is 2.74. The van der Waals surface area contributed by atoms with E-state index < -0.39 is 0 Å². The molecule has 1 heteroatoms. The first-order valence-corrected chi connectivity index (χ1v) is 3.29. The topological polar surface area (TPSA) is 13.1 Å². The van der Waals surface area contributed by atoms with Crippen molar-refractivity contribution in [2.24, 2.45) is 0 Å². The number of benzene rings is 1. The highest BCUT2D eigenvalue weighted by Gasteiger charge is 1.95. The molecule has 0 N–H and O–H groups in total. The van der Waals surface area contributed by atoms with E-state index in [1.54, 1.807) is 12.5 Å². The molecule has 0 radical (unpaired) electrons. The molecule has 0 aliphatic rings. The third-order valence-electron chi connectivity index (χ3n) is 1.74. The molecule has 0 amide bonds. The van der Waals surface area contributed by atoms with E-state index in [0.29, 0.717) is 0 Å². The van der Waals surface area contributed by atoms with Gasteiger partial charge in [0.2, 0.25) is 0 Å². The molecule has 10 heavy (non-hydrogen) atoms. The fraction of sp³-hybridized carbons (Fsp3) is 0.111. The van der Waals surface area contributed by atoms with Gasteiger partial charge in [-0.3, -0.25) is 0 Å². The van der Waals surface area contributed by atoms with Crippen molar-refractivity contribution in [3.8, 4) is 0 Å². The van der Waals surface area contributed by atoms with Gasteiger partial charge in [-0.05, 0) is 12.5 Å². The Balaban J connectivity index is 2.95. The average molecular weight is 132 g/mol. The van der Waals surface area contributed by atoms with Crippen LogP contribution in [0.25, 0.3) is 10.8 Å². The van der Waals surface area contributed by atoms with Crippen LogP contribution in [-0.4, -0.2) is 0 Å². The zero-order chi connectivity index (χ0) is 6.97. The van der Waals surface area contributed by atoms with Crippen molar-refractivity contribution in [3.05, 3.63) is 36.3 Å². The van der Waals surface area contributed by atoms with Gasteiger partial charge < -0.3 is 4.42 Å². The maximum atomic E-state index is 5.05. The van der Waals surface area contributed by atoms with E-state index in [1.165, 1.54) is 16.3 Å². The number of hydrogen-bond acceptors (Lipinski definition) is 1. The van der Waals surface area contributed by atoms with Crippen LogP contribution in [0.3, 0.4) is 0 Å². The van der Waals surface area contributed by atoms with Crippen LogP contribution in [-0.2, 0) is 0 Å². The van der Waals surface area contributed by atoms with Gasteiger partial charge in [-0.2, -0.15) is 0 Å². The minimum atomic E-state index is 1.18. The van der Waals surface area contributed by atoms with Crippen LogP contribution in [0.15, 0.2) is 35.1 Å². The van der Waals surface area contributed by atoms with E-state index in [2.05, 4.69) is 13.0 Å². The zero-order valence-corrected chi connectivity index (χ0v) is 5.79. The lowest BCUT2D eigenvalue weighted by atomic mass is 10.1. The van der Waals surface area contributed by atoms with Crippen molar-refractivity contribution >= 4 is 10.8 Å². The van der Waals surface area contributed by atoms with Gasteiger partial charge in [-0.25, -0.2) is 0 Å². The normalized spacial score (nSPS) is 10.5. The third kappa shape index (κ3) is 0.637. The lowest BCUT2D eigenvalue weighted by Crippen LogP contribution is -1.69. The van der Waals surface area contributed by atoms with Gasteiger partial charge in [0.1, 0.15) is 0 Å². The molecule has 1 nitrogen and oxygen atoms in total. The molecule has 1 aromatic heterocycles. The van der Waals surface area contributed by atoms with E-state index >= 15 is 0 Å². The monoisotopic (exact) mass is 132 g/mol.